The molecule has 82 valence electrons. The summed E-state index contributed by atoms with van der Waals surface area (Å²) in [7, 11) is 1.32. The van der Waals surface area contributed by atoms with E-state index in [0.29, 0.717) is 23.6 Å². The predicted molar refractivity (Wildman–Crippen MR) is 58.0 cm³/mol. The number of esters is 1. The quantitative estimate of drug-likeness (QED) is 0.607. The van der Waals surface area contributed by atoms with Crippen LogP contribution in [-0.2, 0) is 4.74 Å². The number of nitrogen functional groups attached to an aromatic ring is 1. The summed E-state index contributed by atoms with van der Waals surface area (Å²) in [6.07, 6.45) is 0.929. The maximum absolute atomic E-state index is 11.2. The van der Waals surface area contributed by atoms with Crippen LogP contribution < -0.4 is 10.5 Å². The van der Waals surface area contributed by atoms with Crippen molar-refractivity contribution in [3.8, 4) is 5.75 Å². The van der Waals surface area contributed by atoms with E-state index in [1.54, 1.807) is 18.2 Å². The lowest BCUT2D eigenvalue weighted by Gasteiger charge is -2.07. The number of rotatable bonds is 4. The van der Waals surface area contributed by atoms with Crippen LogP contribution in [0.25, 0.3) is 0 Å². The standard InChI is InChI=1S/C11H15NO3/c1-3-6-15-8-4-5-9(10(12)7-8)11(13)14-2/h4-5,7H,3,6,12H2,1-2H3. The van der Waals surface area contributed by atoms with Gasteiger partial charge < -0.3 is 15.2 Å². The van der Waals surface area contributed by atoms with E-state index in [9.17, 15) is 4.79 Å². The summed E-state index contributed by atoms with van der Waals surface area (Å²) >= 11 is 0. The fraction of sp³-hybridized carbons (Fsp3) is 0.364. The van der Waals surface area contributed by atoms with Gasteiger partial charge in [0.2, 0.25) is 0 Å². The third kappa shape index (κ3) is 2.87. The van der Waals surface area contributed by atoms with E-state index in [1.807, 2.05) is 6.92 Å². The Balaban J connectivity index is 2.83. The van der Waals surface area contributed by atoms with Crippen LogP contribution in [-0.4, -0.2) is 19.7 Å². The molecule has 0 amide bonds. The van der Waals surface area contributed by atoms with Crippen molar-refractivity contribution in [2.75, 3.05) is 19.5 Å². The molecule has 0 saturated heterocycles. The van der Waals surface area contributed by atoms with Crippen LogP contribution in [0.4, 0.5) is 5.69 Å². The topological polar surface area (TPSA) is 61.5 Å². The second-order valence-corrected chi connectivity index (χ2v) is 3.09. The lowest BCUT2D eigenvalue weighted by molar-refractivity contribution is 0.0602. The van der Waals surface area contributed by atoms with E-state index >= 15 is 0 Å². The van der Waals surface area contributed by atoms with Crippen molar-refractivity contribution in [2.24, 2.45) is 0 Å². The van der Waals surface area contributed by atoms with Gasteiger partial charge in [0.25, 0.3) is 0 Å². The lowest BCUT2D eigenvalue weighted by atomic mass is 10.2. The van der Waals surface area contributed by atoms with Gasteiger partial charge in [-0.05, 0) is 18.6 Å². The van der Waals surface area contributed by atoms with Gasteiger partial charge in [-0.2, -0.15) is 0 Å². The molecule has 0 aliphatic rings. The van der Waals surface area contributed by atoms with E-state index in [1.165, 1.54) is 7.11 Å². The van der Waals surface area contributed by atoms with Crippen LogP contribution in [0.15, 0.2) is 18.2 Å². The number of ether oxygens (including phenoxy) is 2. The van der Waals surface area contributed by atoms with E-state index in [2.05, 4.69) is 4.74 Å². The second kappa shape index (κ2) is 5.24. The predicted octanol–water partition coefficient (Wildman–Crippen LogP) is 1.84. The summed E-state index contributed by atoms with van der Waals surface area (Å²) in [5.74, 6) is 0.233. The molecule has 0 atom stereocenters. The normalized spacial score (nSPS) is 9.73. The minimum absolute atomic E-state index is 0.362. The maximum atomic E-state index is 11.2. The monoisotopic (exact) mass is 209 g/mol. The third-order valence-corrected chi connectivity index (χ3v) is 1.90. The van der Waals surface area contributed by atoms with Crippen molar-refractivity contribution < 1.29 is 14.3 Å². The average molecular weight is 209 g/mol. The number of hydrogen-bond acceptors (Lipinski definition) is 4. The molecule has 4 nitrogen and oxygen atoms in total. The Morgan fingerprint density at radius 1 is 1.47 bits per heavy atom. The number of nitrogens with two attached hydrogens (primary N) is 1. The Morgan fingerprint density at radius 3 is 2.73 bits per heavy atom. The Kier molecular flexibility index (Phi) is 3.97. The number of methoxy groups -OCH3 is 1. The maximum Gasteiger partial charge on any atom is 0.339 e. The summed E-state index contributed by atoms with van der Waals surface area (Å²) in [5, 5.41) is 0. The van der Waals surface area contributed by atoms with E-state index in [4.69, 9.17) is 10.5 Å². The fourth-order valence-electron chi connectivity index (χ4n) is 1.15. The summed E-state index contributed by atoms with van der Waals surface area (Å²) in [5.41, 5.74) is 6.42. The van der Waals surface area contributed by atoms with Crippen molar-refractivity contribution in [3.63, 3.8) is 0 Å². The molecule has 0 aliphatic carbocycles. The highest BCUT2D eigenvalue weighted by molar-refractivity contribution is 5.95. The van der Waals surface area contributed by atoms with Gasteiger partial charge in [-0.3, -0.25) is 0 Å². The minimum Gasteiger partial charge on any atom is -0.494 e. The average Bonchev–Trinajstić information content (AvgIpc) is 2.25. The summed E-state index contributed by atoms with van der Waals surface area (Å²) in [4.78, 5) is 11.2. The molecule has 0 spiro atoms. The van der Waals surface area contributed by atoms with Crippen molar-refractivity contribution in [1.82, 2.24) is 0 Å². The van der Waals surface area contributed by atoms with Gasteiger partial charge in [-0.1, -0.05) is 6.92 Å². The SMILES string of the molecule is CCCOc1ccc(C(=O)OC)c(N)c1. The van der Waals surface area contributed by atoms with Gasteiger partial charge >= 0.3 is 5.97 Å². The highest BCUT2D eigenvalue weighted by atomic mass is 16.5. The molecule has 0 bridgehead atoms. The molecule has 1 aromatic carbocycles. The smallest absolute Gasteiger partial charge is 0.339 e. The number of benzene rings is 1. The molecule has 0 fully saturated rings. The van der Waals surface area contributed by atoms with Gasteiger partial charge in [0.15, 0.2) is 0 Å². The summed E-state index contributed by atoms with van der Waals surface area (Å²) < 4.78 is 9.95. The van der Waals surface area contributed by atoms with E-state index < -0.39 is 5.97 Å². The molecule has 0 unspecified atom stereocenters. The number of carbonyl (C=O) groups excluding carboxylic acids is 1. The first-order chi connectivity index (χ1) is 7.19. The molecule has 0 aromatic heterocycles. The molecule has 0 saturated carbocycles. The van der Waals surface area contributed by atoms with E-state index in [-0.39, 0.29) is 0 Å². The molecule has 1 rings (SSSR count). The molecular weight excluding hydrogens is 194 g/mol. The van der Waals surface area contributed by atoms with Crippen LogP contribution >= 0.6 is 0 Å². The van der Waals surface area contributed by atoms with Crippen LogP contribution in [0.5, 0.6) is 5.75 Å². The zero-order valence-electron chi connectivity index (χ0n) is 8.95. The largest absolute Gasteiger partial charge is 0.494 e. The van der Waals surface area contributed by atoms with Crippen molar-refractivity contribution in [2.45, 2.75) is 13.3 Å². The highest BCUT2D eigenvalue weighted by Crippen LogP contribution is 2.20. The lowest BCUT2D eigenvalue weighted by Crippen LogP contribution is -2.06. The van der Waals surface area contributed by atoms with Crippen molar-refractivity contribution in [3.05, 3.63) is 23.8 Å². The Hall–Kier alpha value is -1.71. The highest BCUT2D eigenvalue weighted by Gasteiger charge is 2.10. The first kappa shape index (κ1) is 11.4. The summed E-state index contributed by atoms with van der Waals surface area (Å²) in [6.45, 7) is 2.66. The molecule has 0 radical (unpaired) electrons. The van der Waals surface area contributed by atoms with Gasteiger partial charge in [0.05, 0.1) is 19.3 Å². The second-order valence-electron chi connectivity index (χ2n) is 3.09. The van der Waals surface area contributed by atoms with Gasteiger partial charge in [-0.15, -0.1) is 0 Å². The summed E-state index contributed by atoms with van der Waals surface area (Å²) in [6, 6.07) is 4.94. The Morgan fingerprint density at radius 2 is 2.20 bits per heavy atom. The molecule has 15 heavy (non-hydrogen) atoms. The molecule has 2 N–H and O–H groups in total. The van der Waals surface area contributed by atoms with E-state index in [0.717, 1.165) is 6.42 Å². The zero-order chi connectivity index (χ0) is 11.3. The van der Waals surface area contributed by atoms with Crippen LogP contribution in [0, 0.1) is 0 Å². The van der Waals surface area contributed by atoms with Crippen LogP contribution in [0.1, 0.15) is 23.7 Å². The van der Waals surface area contributed by atoms with Crippen LogP contribution in [0.3, 0.4) is 0 Å². The van der Waals surface area contributed by atoms with Crippen molar-refractivity contribution >= 4 is 11.7 Å². The van der Waals surface area contributed by atoms with Gasteiger partial charge in [-0.25, -0.2) is 4.79 Å². The first-order valence-electron chi connectivity index (χ1n) is 4.79. The number of hydrogen-bond donors (Lipinski definition) is 1. The van der Waals surface area contributed by atoms with Crippen molar-refractivity contribution in [1.29, 1.82) is 0 Å². The number of anilines is 1. The van der Waals surface area contributed by atoms with Gasteiger partial charge in [0, 0.05) is 11.8 Å². The molecule has 0 heterocycles. The molecule has 1 aromatic rings. The fourth-order valence-corrected chi connectivity index (χ4v) is 1.15. The Labute approximate surface area is 89.0 Å². The zero-order valence-corrected chi connectivity index (χ0v) is 8.95. The number of carbonyl (C=O) groups is 1. The molecular formula is C11H15NO3. The Bertz CT molecular complexity index is 350. The first-order valence-corrected chi connectivity index (χ1v) is 4.79. The minimum atomic E-state index is -0.436. The van der Waals surface area contributed by atoms with Gasteiger partial charge in [0.1, 0.15) is 5.75 Å². The third-order valence-electron chi connectivity index (χ3n) is 1.90. The molecule has 0 aliphatic heterocycles. The molecule has 4 heteroatoms. The van der Waals surface area contributed by atoms with Crippen LogP contribution in [0.2, 0.25) is 0 Å².